The molecule has 0 saturated carbocycles. The zero-order chi connectivity index (χ0) is 61.0. The fraction of sp³-hybridized carbons (Fsp3) is 0.613. The van der Waals surface area contributed by atoms with Crippen LogP contribution in [-0.2, 0) is 47.6 Å². The molecule has 24 heteroatoms. The van der Waals surface area contributed by atoms with Gasteiger partial charge in [0, 0.05) is 81.7 Å². The lowest BCUT2D eigenvalue weighted by atomic mass is 9.82. The molecule has 464 valence electrons. The second-order valence-electron chi connectivity index (χ2n) is 25.3. The highest BCUT2D eigenvalue weighted by Gasteiger charge is 2.48. The van der Waals surface area contributed by atoms with Crippen molar-refractivity contribution in [2.24, 2.45) is 5.92 Å². The smallest absolute Gasteiger partial charge is 0.418 e. The maximum atomic E-state index is 14.2. The van der Waals surface area contributed by atoms with Gasteiger partial charge < -0.3 is 40.5 Å². The summed E-state index contributed by atoms with van der Waals surface area (Å²) < 4.78 is 97.8. The molecule has 2 amide bonds. The number of hydrogen-bond acceptors (Lipinski definition) is 16. The van der Waals surface area contributed by atoms with E-state index in [1.807, 2.05) is 14.1 Å². The first-order chi connectivity index (χ1) is 41.0. The van der Waals surface area contributed by atoms with Gasteiger partial charge in [0.2, 0.25) is 11.8 Å². The van der Waals surface area contributed by atoms with Gasteiger partial charge in [0.25, 0.3) is 0 Å². The fourth-order valence-corrected chi connectivity index (χ4v) is 15.5. The van der Waals surface area contributed by atoms with Crippen LogP contribution in [0.1, 0.15) is 139 Å². The average molecular weight is 1200 g/mol. The Balaban J connectivity index is 0.000000179. The number of nitrogens with zero attached hydrogens (tertiary/aromatic N) is 12. The highest BCUT2D eigenvalue weighted by atomic mass is 19.4. The minimum atomic E-state index is -4.54. The summed E-state index contributed by atoms with van der Waals surface area (Å²) in [6.07, 6.45) is 5.71. The van der Waals surface area contributed by atoms with Gasteiger partial charge >= 0.3 is 24.4 Å². The van der Waals surface area contributed by atoms with Crippen molar-refractivity contribution < 1.29 is 45.4 Å². The molecule has 4 aromatic rings. The van der Waals surface area contributed by atoms with Gasteiger partial charge in [0.15, 0.2) is 0 Å². The number of likely N-dealkylation sites (N-methyl/N-ethyl adjacent to an activating group) is 1. The number of anilines is 4. The van der Waals surface area contributed by atoms with Crippen molar-refractivity contribution in [2.75, 3.05) is 107 Å². The second-order valence-corrected chi connectivity index (χ2v) is 25.3. The quantitative estimate of drug-likeness (QED) is 0.0848. The van der Waals surface area contributed by atoms with E-state index in [9.17, 15) is 35.9 Å². The standard InChI is InChI=1S/2C31H40F3N7O2/c1-4-25(42)40-14-9-21(17-40)39(3)28-22-8-7-20(27-26(31(32,33)34)19(2)15-24(35)37-27)16-23(22)36-29(38-28)43-18-30-10-5-12-41(30)13-6-11-30;1-4-25(42)40-16-20(17-40)15-39(3)28-22-8-7-21(27-26(31(32,33)34)19(2)13-24(35)37-27)14-23(22)36-29(38-28)43-18-30-9-5-11-41(30)12-6-10-30/h4,15,20-21H,1,5-14,16-18H2,2-3H3,(H2,35,37);4,13,20-21H,1,5-12,14-18H2,2-3H3,(H2,35,37). The van der Waals surface area contributed by atoms with Gasteiger partial charge in [-0.05, 0) is 172 Å². The summed E-state index contributed by atoms with van der Waals surface area (Å²) in [6.45, 7) is 18.4. The molecule has 10 heterocycles. The molecule has 4 N–H and O–H groups in total. The van der Waals surface area contributed by atoms with Crippen molar-refractivity contribution in [3.05, 3.63) is 93.6 Å². The van der Waals surface area contributed by atoms with Gasteiger partial charge in [-0.15, -0.1) is 0 Å². The first-order valence-electron chi connectivity index (χ1n) is 30.5. The lowest BCUT2D eigenvalue weighted by molar-refractivity contribution is -0.140. The third kappa shape index (κ3) is 12.1. The Labute approximate surface area is 498 Å². The third-order valence-corrected chi connectivity index (χ3v) is 19.8. The number of nitrogens with two attached hydrogens (primary N) is 2. The highest BCUT2D eigenvalue weighted by molar-refractivity contribution is 5.88. The summed E-state index contributed by atoms with van der Waals surface area (Å²) >= 11 is 0. The topological polar surface area (TPSA) is 201 Å². The van der Waals surface area contributed by atoms with E-state index >= 15 is 0 Å². The number of hydrogen-bond donors (Lipinski definition) is 2. The first kappa shape index (κ1) is 60.9. The number of carbonyl (C=O) groups excluding carboxylic acids is 2. The molecule has 2 aliphatic carbocycles. The first-order valence-corrected chi connectivity index (χ1v) is 30.5. The van der Waals surface area contributed by atoms with E-state index in [1.54, 1.807) is 9.80 Å². The van der Waals surface area contributed by atoms with Crippen molar-refractivity contribution >= 4 is 35.1 Å². The van der Waals surface area contributed by atoms with Crippen LogP contribution in [0.15, 0.2) is 37.4 Å². The van der Waals surface area contributed by atoms with Crippen LogP contribution in [0.3, 0.4) is 0 Å². The van der Waals surface area contributed by atoms with Crippen LogP contribution in [0, 0.1) is 19.8 Å². The summed E-state index contributed by atoms with van der Waals surface area (Å²) in [7, 11) is 3.93. The lowest BCUT2D eigenvalue weighted by Gasteiger charge is -2.41. The Kier molecular flexibility index (Phi) is 17.0. The number of aromatic nitrogens is 6. The molecule has 12 rings (SSSR count). The molecule has 4 aromatic heterocycles. The average Bonchev–Trinajstić information content (AvgIpc) is 1.44. The molecule has 86 heavy (non-hydrogen) atoms. The minimum absolute atomic E-state index is 0.00448. The van der Waals surface area contributed by atoms with E-state index < -0.39 is 35.3 Å². The second kappa shape index (κ2) is 24.0. The van der Waals surface area contributed by atoms with Gasteiger partial charge in [-0.3, -0.25) is 19.4 Å². The maximum Gasteiger partial charge on any atom is 0.418 e. The molecule has 0 spiro atoms. The summed E-state index contributed by atoms with van der Waals surface area (Å²) in [5.41, 5.74) is 13.8. The number of amides is 2. The molecule has 8 aliphatic rings. The zero-order valence-electron chi connectivity index (χ0n) is 49.8. The number of carbonyl (C=O) groups is 2. The predicted octanol–water partition coefficient (Wildman–Crippen LogP) is 8.43. The van der Waals surface area contributed by atoms with E-state index in [-0.39, 0.29) is 93.9 Å². The normalized spacial score (nSPS) is 22.5. The van der Waals surface area contributed by atoms with Crippen LogP contribution >= 0.6 is 0 Å². The number of ether oxygens (including phenoxy) is 2. The molecule has 3 atom stereocenters. The Hall–Kier alpha value is -6.82. The van der Waals surface area contributed by atoms with E-state index in [0.29, 0.717) is 83.0 Å². The lowest BCUT2D eigenvalue weighted by Crippen LogP contribution is -2.53. The molecule has 6 saturated heterocycles. The van der Waals surface area contributed by atoms with Crippen molar-refractivity contribution in [1.82, 2.24) is 49.5 Å². The molecule has 3 unspecified atom stereocenters. The summed E-state index contributed by atoms with van der Waals surface area (Å²) in [6, 6.07) is 3.10. The molecular weight excluding hydrogens is 1120 g/mol. The van der Waals surface area contributed by atoms with Gasteiger partial charge in [0.1, 0.15) is 36.5 Å². The van der Waals surface area contributed by atoms with Crippen LogP contribution in [-0.4, -0.2) is 165 Å². The molecule has 6 fully saturated rings. The molecular formula is C62H80F6N14O4. The number of likely N-dealkylation sites (tertiary alicyclic amines) is 2. The largest absolute Gasteiger partial charge is 0.461 e. The van der Waals surface area contributed by atoms with E-state index in [1.165, 1.54) is 38.1 Å². The monoisotopic (exact) mass is 1200 g/mol. The maximum absolute atomic E-state index is 14.2. The third-order valence-electron chi connectivity index (χ3n) is 19.8. The summed E-state index contributed by atoms with van der Waals surface area (Å²) in [4.78, 5) is 64.8. The Morgan fingerprint density at radius 1 is 0.640 bits per heavy atom. The zero-order valence-corrected chi connectivity index (χ0v) is 49.8. The van der Waals surface area contributed by atoms with E-state index in [4.69, 9.17) is 40.9 Å². The molecule has 18 nitrogen and oxygen atoms in total. The van der Waals surface area contributed by atoms with Crippen molar-refractivity contribution in [3.63, 3.8) is 0 Å². The van der Waals surface area contributed by atoms with Crippen molar-refractivity contribution in [2.45, 2.75) is 151 Å². The van der Waals surface area contributed by atoms with Crippen molar-refractivity contribution in [1.29, 1.82) is 0 Å². The number of aryl methyl sites for hydroxylation is 2. The van der Waals surface area contributed by atoms with Gasteiger partial charge in [-0.1, -0.05) is 13.2 Å². The van der Waals surface area contributed by atoms with Crippen LogP contribution in [0.25, 0.3) is 0 Å². The Morgan fingerprint density at radius 3 is 1.53 bits per heavy atom. The number of pyridine rings is 2. The SMILES string of the molecule is C=CC(=O)N1CC(CN(C)c2nc(OCC34CCCN3CCC4)nc3c2CCC(c2nc(N)cc(C)c2C(F)(F)F)C3)C1.C=CC(=O)N1CCC(N(C)c2nc(OCC34CCCN3CCC4)nc3c2CCC(c2nc(N)cc(C)c2C(F)(F)F)C3)C1. The van der Waals surface area contributed by atoms with Gasteiger partial charge in [-0.25, -0.2) is 9.97 Å². The van der Waals surface area contributed by atoms with E-state index in [0.717, 1.165) is 107 Å². The van der Waals surface area contributed by atoms with Crippen LogP contribution in [0.4, 0.5) is 49.6 Å². The van der Waals surface area contributed by atoms with Gasteiger partial charge in [0.05, 0.1) is 45.0 Å². The Morgan fingerprint density at radius 2 is 1.08 bits per heavy atom. The summed E-state index contributed by atoms with van der Waals surface area (Å²) in [5.74, 6) is 0.733. The molecule has 0 radical (unpaired) electrons. The van der Waals surface area contributed by atoms with Crippen LogP contribution < -0.4 is 30.7 Å². The highest BCUT2D eigenvalue weighted by Crippen LogP contribution is 2.47. The summed E-state index contributed by atoms with van der Waals surface area (Å²) in [5, 5.41) is 0. The molecule has 6 aliphatic heterocycles. The van der Waals surface area contributed by atoms with Crippen LogP contribution in [0.2, 0.25) is 0 Å². The van der Waals surface area contributed by atoms with E-state index in [2.05, 4.69) is 42.7 Å². The van der Waals surface area contributed by atoms with Crippen LogP contribution in [0.5, 0.6) is 12.0 Å². The number of alkyl halides is 6. The van der Waals surface area contributed by atoms with Crippen molar-refractivity contribution in [3.8, 4) is 12.0 Å². The van der Waals surface area contributed by atoms with Gasteiger partial charge in [-0.2, -0.15) is 46.3 Å². The predicted molar refractivity (Wildman–Crippen MR) is 314 cm³/mol. The fourth-order valence-electron chi connectivity index (χ4n) is 15.5. The Bertz CT molecular complexity index is 3230. The molecule has 0 aromatic carbocycles. The number of halogens is 6. The number of rotatable bonds is 15. The minimum Gasteiger partial charge on any atom is -0.461 e. The number of nitrogen functional groups attached to an aromatic ring is 2. The number of fused-ring (bicyclic) bond motifs is 4. The molecule has 0 bridgehead atoms.